The number of hydrogen-bond donors (Lipinski definition) is 3. The summed E-state index contributed by atoms with van der Waals surface area (Å²) in [4.78, 5) is 18.5. The first-order valence-corrected chi connectivity index (χ1v) is 5.26. The number of benzene rings is 1. The molecule has 0 aliphatic rings. The summed E-state index contributed by atoms with van der Waals surface area (Å²) in [5.41, 5.74) is 7.91. The molecule has 0 aliphatic carbocycles. The predicted octanol–water partition coefficient (Wildman–Crippen LogP) is 1.57. The third-order valence-electron chi connectivity index (χ3n) is 2.59. The molecule has 1 aromatic heterocycles. The molecular formula is C12H15ClN4O. The van der Waals surface area contributed by atoms with Crippen LogP contribution in [0.1, 0.15) is 16.1 Å². The molecule has 0 saturated carbocycles. The van der Waals surface area contributed by atoms with E-state index in [1.165, 1.54) is 0 Å². The summed E-state index contributed by atoms with van der Waals surface area (Å²) in [6, 6.07) is 7.65. The summed E-state index contributed by atoms with van der Waals surface area (Å²) >= 11 is 0. The SMILES string of the molecule is CNC(N)=NC(=O)c1cc2c(C)cccc2[nH]1.Cl. The van der Waals surface area contributed by atoms with Gasteiger partial charge in [0, 0.05) is 18.0 Å². The lowest BCUT2D eigenvalue weighted by atomic mass is 10.1. The fraction of sp³-hybridized carbons (Fsp3) is 0.167. The summed E-state index contributed by atoms with van der Waals surface area (Å²) in [5.74, 6) is -0.280. The Morgan fingerprint density at radius 1 is 1.44 bits per heavy atom. The molecule has 4 N–H and O–H groups in total. The largest absolute Gasteiger partial charge is 0.370 e. The lowest BCUT2D eigenvalue weighted by molar-refractivity contribution is 0.0998. The molecule has 2 rings (SSSR count). The van der Waals surface area contributed by atoms with Crippen LogP contribution in [-0.4, -0.2) is 23.9 Å². The third kappa shape index (κ3) is 2.62. The van der Waals surface area contributed by atoms with Crippen molar-refractivity contribution in [3.05, 3.63) is 35.5 Å². The van der Waals surface area contributed by atoms with Gasteiger partial charge >= 0.3 is 0 Å². The van der Waals surface area contributed by atoms with Crippen molar-refractivity contribution in [2.24, 2.45) is 10.7 Å². The van der Waals surface area contributed by atoms with Gasteiger partial charge in [0.2, 0.25) is 0 Å². The van der Waals surface area contributed by atoms with Gasteiger partial charge in [-0.25, -0.2) is 0 Å². The number of carbonyl (C=O) groups is 1. The second-order valence-corrected chi connectivity index (χ2v) is 3.77. The number of fused-ring (bicyclic) bond motifs is 1. The highest BCUT2D eigenvalue weighted by Crippen LogP contribution is 2.19. The van der Waals surface area contributed by atoms with E-state index in [0.717, 1.165) is 16.5 Å². The van der Waals surface area contributed by atoms with Gasteiger partial charge in [0.05, 0.1) is 0 Å². The summed E-state index contributed by atoms with van der Waals surface area (Å²) in [6.07, 6.45) is 0. The number of nitrogens with one attached hydrogen (secondary N) is 2. The van der Waals surface area contributed by atoms with Crippen LogP contribution in [0, 0.1) is 6.92 Å². The number of halogens is 1. The zero-order valence-corrected chi connectivity index (χ0v) is 11.0. The Bertz CT molecular complexity index is 603. The van der Waals surface area contributed by atoms with Crippen LogP contribution in [0.3, 0.4) is 0 Å². The van der Waals surface area contributed by atoms with Gasteiger partial charge in [-0.2, -0.15) is 4.99 Å². The number of carbonyl (C=O) groups excluding carboxylic acids is 1. The molecule has 0 radical (unpaired) electrons. The molecule has 96 valence electrons. The van der Waals surface area contributed by atoms with Crippen molar-refractivity contribution in [2.45, 2.75) is 6.92 Å². The van der Waals surface area contributed by atoms with E-state index >= 15 is 0 Å². The highest BCUT2D eigenvalue weighted by Gasteiger charge is 2.09. The Morgan fingerprint density at radius 2 is 2.17 bits per heavy atom. The van der Waals surface area contributed by atoms with E-state index in [-0.39, 0.29) is 24.3 Å². The number of rotatable bonds is 1. The van der Waals surface area contributed by atoms with Crippen molar-refractivity contribution in [3.63, 3.8) is 0 Å². The molecule has 0 saturated heterocycles. The van der Waals surface area contributed by atoms with Crippen molar-refractivity contribution in [3.8, 4) is 0 Å². The van der Waals surface area contributed by atoms with Crippen LogP contribution in [-0.2, 0) is 0 Å². The first kappa shape index (κ1) is 14.1. The maximum atomic E-state index is 11.8. The molecule has 0 fully saturated rings. The molecule has 1 aromatic carbocycles. The lowest BCUT2D eigenvalue weighted by Crippen LogP contribution is -2.28. The first-order chi connectivity index (χ1) is 8.11. The normalized spacial score (nSPS) is 11.1. The Hall–Kier alpha value is -2.01. The number of aromatic amines is 1. The topological polar surface area (TPSA) is 83.3 Å². The highest BCUT2D eigenvalue weighted by molar-refractivity contribution is 6.04. The molecule has 0 spiro atoms. The van der Waals surface area contributed by atoms with Crippen molar-refractivity contribution >= 4 is 35.2 Å². The van der Waals surface area contributed by atoms with E-state index in [9.17, 15) is 4.79 Å². The average molecular weight is 267 g/mol. The van der Waals surface area contributed by atoms with Crippen LogP contribution in [0.15, 0.2) is 29.3 Å². The van der Waals surface area contributed by atoms with Crippen molar-refractivity contribution < 1.29 is 4.79 Å². The number of aliphatic imine (C=N–C) groups is 1. The summed E-state index contributed by atoms with van der Waals surface area (Å²) in [6.45, 7) is 2.00. The van der Waals surface area contributed by atoms with Gasteiger partial charge in [-0.15, -0.1) is 12.4 Å². The molecule has 18 heavy (non-hydrogen) atoms. The zero-order chi connectivity index (χ0) is 12.4. The molecule has 2 aromatic rings. The monoisotopic (exact) mass is 266 g/mol. The summed E-state index contributed by atoms with van der Waals surface area (Å²) in [5, 5.41) is 3.63. The van der Waals surface area contributed by atoms with Crippen LogP contribution in [0.25, 0.3) is 10.9 Å². The second-order valence-electron chi connectivity index (χ2n) is 3.77. The Balaban J connectivity index is 0.00000162. The van der Waals surface area contributed by atoms with Gasteiger partial charge in [0.25, 0.3) is 5.91 Å². The van der Waals surface area contributed by atoms with Crippen LogP contribution >= 0.6 is 12.4 Å². The van der Waals surface area contributed by atoms with Crippen LogP contribution in [0.2, 0.25) is 0 Å². The number of H-pyrrole nitrogens is 1. The van der Waals surface area contributed by atoms with Crippen molar-refractivity contribution in [2.75, 3.05) is 7.05 Å². The van der Waals surface area contributed by atoms with Gasteiger partial charge in [-0.1, -0.05) is 12.1 Å². The quantitative estimate of drug-likeness (QED) is 0.541. The average Bonchev–Trinajstić information content (AvgIpc) is 2.74. The summed E-state index contributed by atoms with van der Waals surface area (Å²) < 4.78 is 0. The minimum Gasteiger partial charge on any atom is -0.370 e. The molecular weight excluding hydrogens is 252 g/mol. The minimum absolute atomic E-state index is 0. The number of amides is 1. The molecule has 0 aliphatic heterocycles. The lowest BCUT2D eigenvalue weighted by Gasteiger charge is -1.95. The molecule has 0 unspecified atom stereocenters. The standard InChI is InChI=1S/C12H14N4O.ClH/c1-7-4-3-5-9-8(7)6-10(15-9)11(17)16-12(13)14-2;/h3-6,15H,1-2H3,(H3,13,14,16,17);1H. The van der Waals surface area contributed by atoms with Gasteiger partial charge in [-0.05, 0) is 24.6 Å². The first-order valence-electron chi connectivity index (χ1n) is 5.26. The van der Waals surface area contributed by atoms with E-state index in [0.29, 0.717) is 5.69 Å². The zero-order valence-electron chi connectivity index (χ0n) is 10.2. The van der Waals surface area contributed by atoms with Gasteiger partial charge in [-0.3, -0.25) is 4.79 Å². The number of nitrogens with two attached hydrogens (primary N) is 1. The van der Waals surface area contributed by atoms with Crippen molar-refractivity contribution in [1.29, 1.82) is 0 Å². The second kappa shape index (κ2) is 5.55. The molecule has 1 amide bonds. The van der Waals surface area contributed by atoms with E-state index in [4.69, 9.17) is 5.73 Å². The number of nitrogens with zero attached hydrogens (tertiary/aromatic N) is 1. The summed E-state index contributed by atoms with van der Waals surface area (Å²) in [7, 11) is 1.61. The smallest absolute Gasteiger partial charge is 0.296 e. The van der Waals surface area contributed by atoms with Crippen LogP contribution in [0.5, 0.6) is 0 Å². The number of aromatic nitrogens is 1. The number of hydrogen-bond acceptors (Lipinski definition) is 1. The molecule has 1 heterocycles. The Morgan fingerprint density at radius 3 is 2.78 bits per heavy atom. The molecule has 0 bridgehead atoms. The Labute approximate surface area is 111 Å². The minimum atomic E-state index is -0.382. The maximum absolute atomic E-state index is 11.8. The predicted molar refractivity (Wildman–Crippen MR) is 75.3 cm³/mol. The third-order valence-corrected chi connectivity index (χ3v) is 2.59. The maximum Gasteiger partial charge on any atom is 0.296 e. The van der Waals surface area contributed by atoms with E-state index in [1.54, 1.807) is 13.1 Å². The van der Waals surface area contributed by atoms with Gasteiger partial charge in [0.1, 0.15) is 5.69 Å². The van der Waals surface area contributed by atoms with Gasteiger partial charge < -0.3 is 16.0 Å². The van der Waals surface area contributed by atoms with E-state index in [2.05, 4.69) is 15.3 Å². The fourth-order valence-corrected chi connectivity index (χ4v) is 1.65. The number of guanidine groups is 1. The highest BCUT2D eigenvalue weighted by atomic mass is 35.5. The Kier molecular flexibility index (Phi) is 4.33. The molecule has 0 atom stereocenters. The van der Waals surface area contributed by atoms with Crippen molar-refractivity contribution in [1.82, 2.24) is 10.3 Å². The van der Waals surface area contributed by atoms with Crippen LogP contribution < -0.4 is 11.1 Å². The fourth-order valence-electron chi connectivity index (χ4n) is 1.65. The van der Waals surface area contributed by atoms with Gasteiger partial charge in [0.15, 0.2) is 5.96 Å². The number of aryl methyl sites for hydroxylation is 1. The van der Waals surface area contributed by atoms with E-state index in [1.807, 2.05) is 25.1 Å². The van der Waals surface area contributed by atoms with Crippen LogP contribution in [0.4, 0.5) is 0 Å². The molecule has 5 nitrogen and oxygen atoms in total. The molecule has 6 heteroatoms. The van der Waals surface area contributed by atoms with E-state index < -0.39 is 0 Å².